The summed E-state index contributed by atoms with van der Waals surface area (Å²) in [5, 5.41) is 3.43. The third-order valence-electron chi connectivity index (χ3n) is 3.26. The molecule has 0 aliphatic heterocycles. The number of ether oxygens (including phenoxy) is 1. The summed E-state index contributed by atoms with van der Waals surface area (Å²) in [5.41, 5.74) is 6.59. The summed E-state index contributed by atoms with van der Waals surface area (Å²) in [6, 6.07) is 4.07. The smallest absolute Gasteiger partial charge is 0.215 e. The first kappa shape index (κ1) is 12.0. The minimum absolute atomic E-state index is 0.462. The molecule has 1 fully saturated rings. The third kappa shape index (κ3) is 3.25. The molecule has 0 spiro atoms. The fraction of sp³-hybridized carbons (Fsp3) is 0.615. The Hall–Kier alpha value is -1.45. The van der Waals surface area contributed by atoms with Gasteiger partial charge in [0.2, 0.25) is 5.88 Å². The first-order chi connectivity index (χ1) is 8.22. The van der Waals surface area contributed by atoms with Gasteiger partial charge in [-0.25, -0.2) is 0 Å². The van der Waals surface area contributed by atoms with Gasteiger partial charge in [0.1, 0.15) is 0 Å². The van der Waals surface area contributed by atoms with Gasteiger partial charge in [-0.05, 0) is 24.8 Å². The Bertz CT molecular complexity index is 377. The van der Waals surface area contributed by atoms with Gasteiger partial charge in [-0.3, -0.25) is 0 Å². The van der Waals surface area contributed by atoms with Crippen LogP contribution in [0.5, 0.6) is 5.88 Å². The predicted molar refractivity (Wildman–Crippen MR) is 70.2 cm³/mol. The Kier molecular flexibility index (Phi) is 3.71. The number of rotatable bonds is 6. The van der Waals surface area contributed by atoms with Gasteiger partial charge in [0.25, 0.3) is 0 Å². The van der Waals surface area contributed by atoms with Gasteiger partial charge >= 0.3 is 0 Å². The van der Waals surface area contributed by atoms with Crippen LogP contribution in [-0.2, 0) is 0 Å². The second kappa shape index (κ2) is 5.25. The third-order valence-corrected chi connectivity index (χ3v) is 3.26. The van der Waals surface area contributed by atoms with E-state index in [1.165, 1.54) is 19.3 Å². The number of pyridine rings is 1. The molecule has 94 valence electrons. The fourth-order valence-corrected chi connectivity index (χ4v) is 1.96. The van der Waals surface area contributed by atoms with E-state index >= 15 is 0 Å². The molecule has 4 heteroatoms. The highest BCUT2D eigenvalue weighted by molar-refractivity contribution is 5.62. The summed E-state index contributed by atoms with van der Waals surface area (Å²) < 4.78 is 5.11. The van der Waals surface area contributed by atoms with Crippen molar-refractivity contribution in [3.63, 3.8) is 0 Å². The van der Waals surface area contributed by atoms with E-state index in [4.69, 9.17) is 10.5 Å². The largest absolute Gasteiger partial charge is 0.481 e. The van der Waals surface area contributed by atoms with Gasteiger partial charge in [0, 0.05) is 12.1 Å². The Balaban J connectivity index is 2.03. The topological polar surface area (TPSA) is 60.2 Å². The van der Waals surface area contributed by atoms with Crippen LogP contribution in [0.4, 0.5) is 11.5 Å². The molecular formula is C13H21N3O. The average molecular weight is 235 g/mol. The van der Waals surface area contributed by atoms with Crippen LogP contribution in [0.3, 0.4) is 0 Å². The zero-order chi connectivity index (χ0) is 12.3. The quantitative estimate of drug-likeness (QED) is 0.795. The highest BCUT2D eigenvalue weighted by Crippen LogP contribution is 2.35. The Morgan fingerprint density at radius 2 is 2.29 bits per heavy atom. The molecule has 1 atom stereocenters. The lowest BCUT2D eigenvalue weighted by molar-refractivity contribution is 0.398. The Morgan fingerprint density at radius 1 is 1.53 bits per heavy atom. The number of nitrogens with zero attached hydrogens (tertiary/aromatic N) is 1. The number of nitrogen functional groups attached to an aromatic ring is 1. The van der Waals surface area contributed by atoms with Crippen LogP contribution in [0.1, 0.15) is 32.6 Å². The van der Waals surface area contributed by atoms with Crippen LogP contribution >= 0.6 is 0 Å². The predicted octanol–water partition coefficient (Wildman–Crippen LogP) is 2.66. The zero-order valence-corrected chi connectivity index (χ0v) is 10.6. The van der Waals surface area contributed by atoms with Gasteiger partial charge in [0.15, 0.2) is 5.82 Å². The van der Waals surface area contributed by atoms with Crippen LogP contribution < -0.4 is 15.8 Å². The van der Waals surface area contributed by atoms with Gasteiger partial charge in [-0.2, -0.15) is 4.98 Å². The highest BCUT2D eigenvalue weighted by atomic mass is 16.5. The first-order valence-electron chi connectivity index (χ1n) is 6.30. The molecule has 1 heterocycles. The minimum Gasteiger partial charge on any atom is -0.481 e. The number of hydrogen-bond acceptors (Lipinski definition) is 4. The molecule has 1 aromatic heterocycles. The number of hydrogen-bond donors (Lipinski definition) is 2. The maximum Gasteiger partial charge on any atom is 0.215 e. The van der Waals surface area contributed by atoms with Crippen molar-refractivity contribution in [1.29, 1.82) is 0 Å². The summed E-state index contributed by atoms with van der Waals surface area (Å²) in [7, 11) is 1.61. The first-order valence-corrected chi connectivity index (χ1v) is 6.30. The van der Waals surface area contributed by atoms with Crippen molar-refractivity contribution in [2.75, 3.05) is 18.2 Å². The lowest BCUT2D eigenvalue weighted by Gasteiger charge is -2.18. The monoisotopic (exact) mass is 235 g/mol. The standard InChI is InChI=1S/C13H21N3O/c1-3-10(8-9-4-5-9)15-13-11(14)6-7-12(16-13)17-2/h6-7,9-10H,3-5,8,14H2,1-2H3,(H,15,16). The summed E-state index contributed by atoms with van der Waals surface area (Å²) in [6.07, 6.45) is 5.06. The van der Waals surface area contributed by atoms with Crippen molar-refractivity contribution in [2.45, 2.75) is 38.6 Å². The maximum atomic E-state index is 5.91. The van der Waals surface area contributed by atoms with E-state index < -0.39 is 0 Å². The summed E-state index contributed by atoms with van der Waals surface area (Å²) in [6.45, 7) is 2.19. The lowest BCUT2D eigenvalue weighted by Crippen LogP contribution is -2.20. The summed E-state index contributed by atoms with van der Waals surface area (Å²) in [4.78, 5) is 4.35. The molecule has 0 saturated heterocycles. The lowest BCUT2D eigenvalue weighted by atomic mass is 10.1. The van der Waals surface area contributed by atoms with Gasteiger partial charge in [0.05, 0.1) is 12.8 Å². The van der Waals surface area contributed by atoms with E-state index in [1.807, 2.05) is 6.07 Å². The summed E-state index contributed by atoms with van der Waals surface area (Å²) in [5.74, 6) is 2.25. The van der Waals surface area contributed by atoms with Crippen molar-refractivity contribution in [2.24, 2.45) is 5.92 Å². The van der Waals surface area contributed by atoms with Crippen LogP contribution in [0.2, 0.25) is 0 Å². The highest BCUT2D eigenvalue weighted by Gasteiger charge is 2.25. The van der Waals surface area contributed by atoms with Gasteiger partial charge in [-0.1, -0.05) is 19.8 Å². The van der Waals surface area contributed by atoms with E-state index in [0.29, 0.717) is 17.6 Å². The van der Waals surface area contributed by atoms with E-state index in [2.05, 4.69) is 17.2 Å². The van der Waals surface area contributed by atoms with Crippen molar-refractivity contribution in [1.82, 2.24) is 4.98 Å². The Labute approximate surface area is 103 Å². The molecule has 3 N–H and O–H groups in total. The molecule has 1 aliphatic carbocycles. The molecule has 0 bridgehead atoms. The van der Waals surface area contributed by atoms with Crippen LogP contribution in [-0.4, -0.2) is 18.1 Å². The van der Waals surface area contributed by atoms with Crippen molar-refractivity contribution in [3.05, 3.63) is 12.1 Å². The molecule has 1 aliphatic rings. The normalized spacial score (nSPS) is 16.6. The van der Waals surface area contributed by atoms with E-state index in [0.717, 1.165) is 18.2 Å². The minimum atomic E-state index is 0.462. The molecule has 2 rings (SSSR count). The fourth-order valence-electron chi connectivity index (χ4n) is 1.96. The van der Waals surface area contributed by atoms with Gasteiger partial charge < -0.3 is 15.8 Å². The molecule has 0 radical (unpaired) electrons. The molecule has 4 nitrogen and oxygen atoms in total. The molecule has 0 aromatic carbocycles. The maximum absolute atomic E-state index is 5.91. The van der Waals surface area contributed by atoms with Crippen LogP contribution in [0.25, 0.3) is 0 Å². The van der Waals surface area contributed by atoms with E-state index in [9.17, 15) is 0 Å². The van der Waals surface area contributed by atoms with Crippen LogP contribution in [0.15, 0.2) is 12.1 Å². The molecule has 17 heavy (non-hydrogen) atoms. The van der Waals surface area contributed by atoms with Crippen molar-refractivity contribution in [3.8, 4) is 5.88 Å². The molecule has 1 aromatic rings. The van der Waals surface area contributed by atoms with E-state index in [1.54, 1.807) is 13.2 Å². The number of methoxy groups -OCH3 is 1. The van der Waals surface area contributed by atoms with Crippen LogP contribution in [0, 0.1) is 5.92 Å². The van der Waals surface area contributed by atoms with Gasteiger partial charge in [-0.15, -0.1) is 0 Å². The molecular weight excluding hydrogens is 214 g/mol. The number of anilines is 2. The average Bonchev–Trinajstić information content (AvgIpc) is 3.14. The second-order valence-corrected chi connectivity index (χ2v) is 4.72. The van der Waals surface area contributed by atoms with Crippen molar-refractivity contribution < 1.29 is 4.74 Å². The number of nitrogens with one attached hydrogen (secondary N) is 1. The number of nitrogens with two attached hydrogens (primary N) is 1. The number of aromatic nitrogens is 1. The Morgan fingerprint density at radius 3 is 2.88 bits per heavy atom. The van der Waals surface area contributed by atoms with E-state index in [-0.39, 0.29) is 0 Å². The SMILES string of the molecule is CCC(CC1CC1)Nc1nc(OC)ccc1N. The molecule has 0 amide bonds. The molecule has 1 unspecified atom stereocenters. The zero-order valence-electron chi connectivity index (χ0n) is 10.6. The summed E-state index contributed by atoms with van der Waals surface area (Å²) >= 11 is 0. The van der Waals surface area contributed by atoms with Crippen molar-refractivity contribution >= 4 is 11.5 Å². The molecule has 1 saturated carbocycles. The second-order valence-electron chi connectivity index (χ2n) is 4.72.